The molecule has 0 aromatic heterocycles. The van der Waals surface area contributed by atoms with E-state index in [1.54, 1.807) is 18.2 Å². The SMILES string of the molecule is O=C(Nc1cc(Cl)ccc1C(=O)N1CCCCC1)C1CC12CCNCC2. The van der Waals surface area contributed by atoms with Gasteiger partial charge in [0, 0.05) is 24.0 Å². The van der Waals surface area contributed by atoms with Gasteiger partial charge in [0.1, 0.15) is 0 Å². The zero-order valence-electron chi connectivity index (χ0n) is 15.0. The predicted octanol–water partition coefficient (Wildman–Crippen LogP) is 3.29. The summed E-state index contributed by atoms with van der Waals surface area (Å²) in [5.74, 6) is 0.0763. The molecule has 2 saturated heterocycles. The lowest BCUT2D eigenvalue weighted by molar-refractivity contribution is -0.118. The number of anilines is 1. The Morgan fingerprint density at radius 1 is 1.15 bits per heavy atom. The molecule has 0 radical (unpaired) electrons. The molecule has 1 spiro atoms. The number of rotatable bonds is 3. The topological polar surface area (TPSA) is 61.4 Å². The van der Waals surface area contributed by atoms with Gasteiger partial charge < -0.3 is 15.5 Å². The minimum absolute atomic E-state index is 0.0101. The van der Waals surface area contributed by atoms with E-state index in [1.807, 2.05) is 4.90 Å². The lowest BCUT2D eigenvalue weighted by Crippen LogP contribution is -2.36. The molecule has 5 nitrogen and oxygen atoms in total. The summed E-state index contributed by atoms with van der Waals surface area (Å²) in [6, 6.07) is 5.16. The third-order valence-electron chi connectivity index (χ3n) is 6.22. The fourth-order valence-electron chi connectivity index (χ4n) is 4.49. The standard InChI is InChI=1S/C20H26ClN3O2/c21-14-4-5-15(19(26)24-10-2-1-3-11-24)17(12-14)23-18(25)16-13-20(16)6-8-22-9-7-20/h4-5,12,16,22H,1-3,6-11,13H2,(H,23,25). The molecule has 2 amide bonds. The van der Waals surface area contributed by atoms with E-state index >= 15 is 0 Å². The number of hydrogen-bond acceptors (Lipinski definition) is 3. The predicted molar refractivity (Wildman–Crippen MR) is 102 cm³/mol. The molecule has 1 saturated carbocycles. The minimum Gasteiger partial charge on any atom is -0.339 e. The average Bonchev–Trinajstić information content (AvgIpc) is 3.35. The van der Waals surface area contributed by atoms with Crippen molar-refractivity contribution in [1.82, 2.24) is 10.2 Å². The molecule has 1 unspecified atom stereocenters. The molecule has 2 heterocycles. The van der Waals surface area contributed by atoms with Crippen molar-refractivity contribution in [2.45, 2.75) is 38.5 Å². The van der Waals surface area contributed by atoms with Gasteiger partial charge in [0.05, 0.1) is 11.3 Å². The first-order chi connectivity index (χ1) is 12.6. The highest BCUT2D eigenvalue weighted by molar-refractivity contribution is 6.31. The number of halogens is 1. The van der Waals surface area contributed by atoms with Gasteiger partial charge in [-0.25, -0.2) is 0 Å². The van der Waals surface area contributed by atoms with Gasteiger partial charge in [-0.15, -0.1) is 0 Å². The van der Waals surface area contributed by atoms with Crippen LogP contribution in [-0.4, -0.2) is 42.9 Å². The van der Waals surface area contributed by atoms with Gasteiger partial charge >= 0.3 is 0 Å². The second kappa shape index (κ2) is 7.20. The third-order valence-corrected chi connectivity index (χ3v) is 6.45. The first-order valence-electron chi connectivity index (χ1n) is 9.69. The summed E-state index contributed by atoms with van der Waals surface area (Å²) in [6.07, 6.45) is 6.32. The van der Waals surface area contributed by atoms with Gasteiger partial charge in [-0.05, 0) is 75.2 Å². The summed E-state index contributed by atoms with van der Waals surface area (Å²) in [4.78, 5) is 27.6. The fraction of sp³-hybridized carbons (Fsp3) is 0.600. The number of likely N-dealkylation sites (tertiary alicyclic amines) is 1. The number of hydrogen-bond donors (Lipinski definition) is 2. The van der Waals surface area contributed by atoms with Crippen molar-refractivity contribution >= 4 is 29.1 Å². The van der Waals surface area contributed by atoms with E-state index in [0.29, 0.717) is 16.3 Å². The lowest BCUT2D eigenvalue weighted by Gasteiger charge is -2.27. The summed E-state index contributed by atoms with van der Waals surface area (Å²) >= 11 is 6.14. The smallest absolute Gasteiger partial charge is 0.255 e. The van der Waals surface area contributed by atoms with Gasteiger partial charge in [0.2, 0.25) is 5.91 Å². The van der Waals surface area contributed by atoms with Gasteiger partial charge in [0.15, 0.2) is 0 Å². The zero-order valence-corrected chi connectivity index (χ0v) is 15.8. The Kier molecular flexibility index (Phi) is 4.93. The first kappa shape index (κ1) is 17.8. The molecule has 3 fully saturated rings. The Morgan fingerprint density at radius 2 is 1.88 bits per heavy atom. The van der Waals surface area contributed by atoms with Crippen LogP contribution in [0, 0.1) is 11.3 Å². The van der Waals surface area contributed by atoms with Gasteiger partial charge in [-0.1, -0.05) is 11.6 Å². The number of carbonyl (C=O) groups excluding carboxylic acids is 2. The molecule has 1 atom stereocenters. The largest absolute Gasteiger partial charge is 0.339 e. The van der Waals surface area contributed by atoms with Crippen molar-refractivity contribution in [1.29, 1.82) is 0 Å². The molecule has 2 N–H and O–H groups in total. The van der Waals surface area contributed by atoms with Crippen molar-refractivity contribution in [3.05, 3.63) is 28.8 Å². The second-order valence-corrected chi connectivity index (χ2v) is 8.34. The van der Waals surface area contributed by atoms with Crippen LogP contribution < -0.4 is 10.6 Å². The Hall–Kier alpha value is -1.59. The van der Waals surface area contributed by atoms with Crippen molar-refractivity contribution in [3.63, 3.8) is 0 Å². The van der Waals surface area contributed by atoms with E-state index < -0.39 is 0 Å². The average molecular weight is 376 g/mol. The molecular formula is C20H26ClN3O2. The molecule has 3 aliphatic rings. The Morgan fingerprint density at radius 3 is 2.62 bits per heavy atom. The molecule has 140 valence electrons. The Bertz CT molecular complexity index is 709. The molecule has 0 bridgehead atoms. The van der Waals surface area contributed by atoms with Crippen molar-refractivity contribution < 1.29 is 9.59 Å². The van der Waals surface area contributed by atoms with E-state index in [-0.39, 0.29) is 23.1 Å². The van der Waals surface area contributed by atoms with Crippen LogP contribution in [0.25, 0.3) is 0 Å². The summed E-state index contributed by atoms with van der Waals surface area (Å²) < 4.78 is 0. The van der Waals surface area contributed by atoms with Crippen molar-refractivity contribution in [3.8, 4) is 0 Å². The number of nitrogens with zero attached hydrogens (tertiary/aromatic N) is 1. The summed E-state index contributed by atoms with van der Waals surface area (Å²) in [6.45, 7) is 3.54. The molecule has 1 aromatic rings. The highest BCUT2D eigenvalue weighted by Crippen LogP contribution is 2.58. The van der Waals surface area contributed by atoms with Crippen LogP contribution in [0.15, 0.2) is 18.2 Å². The minimum atomic E-state index is -0.0101. The quantitative estimate of drug-likeness (QED) is 0.852. The fourth-order valence-corrected chi connectivity index (χ4v) is 4.66. The van der Waals surface area contributed by atoms with E-state index in [1.165, 1.54) is 6.42 Å². The van der Waals surface area contributed by atoms with Crippen LogP contribution in [0.4, 0.5) is 5.69 Å². The normalized spacial score (nSPS) is 24.3. The van der Waals surface area contributed by atoms with Gasteiger partial charge in [0.25, 0.3) is 5.91 Å². The molecular weight excluding hydrogens is 350 g/mol. The third kappa shape index (κ3) is 3.47. The second-order valence-electron chi connectivity index (χ2n) is 7.90. The van der Waals surface area contributed by atoms with Crippen LogP contribution in [0.2, 0.25) is 5.02 Å². The number of carbonyl (C=O) groups is 2. The molecule has 1 aromatic carbocycles. The van der Waals surface area contributed by atoms with Gasteiger partial charge in [-0.2, -0.15) is 0 Å². The number of benzene rings is 1. The highest BCUT2D eigenvalue weighted by atomic mass is 35.5. The lowest BCUT2D eigenvalue weighted by atomic mass is 9.91. The van der Waals surface area contributed by atoms with E-state index in [2.05, 4.69) is 10.6 Å². The molecule has 4 rings (SSSR count). The first-order valence-corrected chi connectivity index (χ1v) is 10.1. The maximum atomic E-state index is 12.9. The Balaban J connectivity index is 1.50. The number of nitrogens with one attached hydrogen (secondary N) is 2. The van der Waals surface area contributed by atoms with E-state index in [4.69, 9.17) is 11.6 Å². The zero-order chi connectivity index (χ0) is 18.1. The van der Waals surface area contributed by atoms with Crippen LogP contribution in [0.5, 0.6) is 0 Å². The molecule has 1 aliphatic carbocycles. The maximum Gasteiger partial charge on any atom is 0.255 e. The number of piperidine rings is 2. The van der Waals surface area contributed by atoms with Crippen LogP contribution in [0.1, 0.15) is 48.9 Å². The van der Waals surface area contributed by atoms with Crippen LogP contribution in [0.3, 0.4) is 0 Å². The Labute approximate surface area is 159 Å². The summed E-state index contributed by atoms with van der Waals surface area (Å²) in [5, 5.41) is 6.90. The van der Waals surface area contributed by atoms with Gasteiger partial charge in [-0.3, -0.25) is 9.59 Å². The van der Waals surface area contributed by atoms with Crippen LogP contribution in [-0.2, 0) is 4.79 Å². The monoisotopic (exact) mass is 375 g/mol. The highest BCUT2D eigenvalue weighted by Gasteiger charge is 2.57. The maximum absolute atomic E-state index is 12.9. The van der Waals surface area contributed by atoms with E-state index in [0.717, 1.165) is 58.3 Å². The van der Waals surface area contributed by atoms with E-state index in [9.17, 15) is 9.59 Å². The molecule has 2 aliphatic heterocycles. The van der Waals surface area contributed by atoms with Crippen LogP contribution >= 0.6 is 11.6 Å². The summed E-state index contributed by atoms with van der Waals surface area (Å²) in [5.41, 5.74) is 1.27. The van der Waals surface area contributed by atoms with Crippen molar-refractivity contribution in [2.24, 2.45) is 11.3 Å². The molecule has 26 heavy (non-hydrogen) atoms. The molecule has 6 heteroatoms. The number of amides is 2. The summed E-state index contributed by atoms with van der Waals surface area (Å²) in [7, 11) is 0. The van der Waals surface area contributed by atoms with Crippen molar-refractivity contribution in [2.75, 3.05) is 31.5 Å².